The van der Waals surface area contributed by atoms with E-state index in [0.717, 1.165) is 5.02 Å². The van der Waals surface area contributed by atoms with Gasteiger partial charge >= 0.3 is 0 Å². The summed E-state index contributed by atoms with van der Waals surface area (Å²) in [5.74, 6) is 0.649. The summed E-state index contributed by atoms with van der Waals surface area (Å²) in [7, 11) is 0. The Morgan fingerprint density at radius 3 is 2.55 bits per heavy atom. The number of anilines is 1. The van der Waals surface area contributed by atoms with Crippen LogP contribution < -0.4 is 5.32 Å². The summed E-state index contributed by atoms with van der Waals surface area (Å²) in [6.07, 6.45) is 2.38. The van der Waals surface area contributed by atoms with Crippen LogP contribution in [0.25, 0.3) is 0 Å². The zero-order chi connectivity index (χ0) is 14.1. The highest BCUT2D eigenvalue weighted by atomic mass is 35.5. The fourth-order valence-electron chi connectivity index (χ4n) is 2.90. The highest BCUT2D eigenvalue weighted by Crippen LogP contribution is 2.39. The van der Waals surface area contributed by atoms with E-state index in [2.05, 4.69) is 49.5 Å². The van der Waals surface area contributed by atoms with Gasteiger partial charge in [-0.05, 0) is 67.5 Å². The number of halogens is 1. The first-order valence-corrected chi connectivity index (χ1v) is 7.59. The zero-order valence-corrected chi connectivity index (χ0v) is 12.7. The molecule has 0 bridgehead atoms. The maximum absolute atomic E-state index is 6.06. The summed E-state index contributed by atoms with van der Waals surface area (Å²) < 4.78 is 0. The van der Waals surface area contributed by atoms with Gasteiger partial charge in [-0.25, -0.2) is 0 Å². The average Bonchev–Trinajstić information content (AvgIpc) is 2.38. The molecule has 2 aromatic carbocycles. The maximum atomic E-state index is 6.06. The van der Waals surface area contributed by atoms with Crippen LogP contribution in [0.3, 0.4) is 0 Å². The topological polar surface area (TPSA) is 12.0 Å². The van der Waals surface area contributed by atoms with Gasteiger partial charge in [0, 0.05) is 16.8 Å². The SMILES string of the molecule is Cc1cccc(NC2CC(c3cccc(Cl)c3)C2)c1C. The fraction of sp³-hybridized carbons (Fsp3) is 0.333. The first kappa shape index (κ1) is 13.5. The molecular formula is C18H20ClN. The molecule has 3 rings (SSSR count). The van der Waals surface area contributed by atoms with Crippen LogP contribution in [0.4, 0.5) is 5.69 Å². The summed E-state index contributed by atoms with van der Waals surface area (Å²) in [5.41, 5.74) is 5.36. The van der Waals surface area contributed by atoms with E-state index < -0.39 is 0 Å². The highest BCUT2D eigenvalue weighted by molar-refractivity contribution is 6.30. The monoisotopic (exact) mass is 285 g/mol. The molecule has 1 nitrogen and oxygen atoms in total. The zero-order valence-electron chi connectivity index (χ0n) is 12.0. The Labute approximate surface area is 126 Å². The van der Waals surface area contributed by atoms with E-state index in [-0.39, 0.29) is 0 Å². The first-order chi connectivity index (χ1) is 9.63. The summed E-state index contributed by atoms with van der Waals surface area (Å²) >= 11 is 6.06. The largest absolute Gasteiger partial charge is 0.382 e. The molecule has 1 aliphatic rings. The van der Waals surface area contributed by atoms with Crippen LogP contribution in [-0.4, -0.2) is 6.04 Å². The Hall–Kier alpha value is -1.47. The summed E-state index contributed by atoms with van der Waals surface area (Å²) in [6.45, 7) is 4.35. The van der Waals surface area contributed by atoms with Crippen molar-refractivity contribution in [1.82, 2.24) is 0 Å². The number of aryl methyl sites for hydroxylation is 1. The van der Waals surface area contributed by atoms with E-state index in [1.54, 1.807) is 0 Å². The molecule has 2 heteroatoms. The highest BCUT2D eigenvalue weighted by Gasteiger charge is 2.30. The normalized spacial score (nSPS) is 21.4. The van der Waals surface area contributed by atoms with E-state index in [0.29, 0.717) is 12.0 Å². The number of rotatable bonds is 3. The lowest BCUT2D eigenvalue weighted by atomic mass is 9.75. The van der Waals surface area contributed by atoms with Crippen molar-refractivity contribution >= 4 is 17.3 Å². The van der Waals surface area contributed by atoms with Crippen molar-refractivity contribution in [1.29, 1.82) is 0 Å². The Morgan fingerprint density at radius 2 is 1.80 bits per heavy atom. The van der Waals surface area contributed by atoms with E-state index in [9.17, 15) is 0 Å². The third kappa shape index (κ3) is 2.69. The van der Waals surface area contributed by atoms with Crippen molar-refractivity contribution in [3.63, 3.8) is 0 Å². The van der Waals surface area contributed by atoms with Gasteiger partial charge in [0.15, 0.2) is 0 Å². The summed E-state index contributed by atoms with van der Waals surface area (Å²) in [5, 5.41) is 4.51. The van der Waals surface area contributed by atoms with Gasteiger partial charge in [-0.3, -0.25) is 0 Å². The van der Waals surface area contributed by atoms with Gasteiger partial charge in [0.2, 0.25) is 0 Å². The Bertz CT molecular complexity index is 615. The second-order valence-electron chi connectivity index (χ2n) is 5.81. The van der Waals surface area contributed by atoms with Gasteiger partial charge in [0.05, 0.1) is 0 Å². The average molecular weight is 286 g/mol. The number of nitrogens with one attached hydrogen (secondary N) is 1. The Kier molecular flexibility index (Phi) is 3.71. The molecule has 0 aromatic heterocycles. The molecule has 104 valence electrons. The molecule has 0 aliphatic heterocycles. The molecule has 0 unspecified atom stereocenters. The lowest BCUT2D eigenvalue weighted by molar-refractivity contribution is 0.374. The van der Waals surface area contributed by atoms with E-state index >= 15 is 0 Å². The number of hydrogen-bond acceptors (Lipinski definition) is 1. The van der Waals surface area contributed by atoms with Crippen molar-refractivity contribution in [3.05, 3.63) is 64.2 Å². The molecule has 20 heavy (non-hydrogen) atoms. The third-order valence-corrected chi connectivity index (χ3v) is 4.66. The minimum Gasteiger partial charge on any atom is -0.382 e. The standard InChI is InChI=1S/C18H20ClN/c1-12-5-3-8-18(13(12)2)20-17-10-15(11-17)14-6-4-7-16(19)9-14/h3-9,15,17,20H,10-11H2,1-2H3. The Morgan fingerprint density at radius 1 is 1.05 bits per heavy atom. The molecule has 0 atom stereocenters. The van der Waals surface area contributed by atoms with Crippen LogP contribution >= 0.6 is 11.6 Å². The van der Waals surface area contributed by atoms with Crippen molar-refractivity contribution in [2.45, 2.75) is 38.6 Å². The lowest BCUT2D eigenvalue weighted by Gasteiger charge is -2.37. The van der Waals surface area contributed by atoms with Crippen LogP contribution in [0.1, 0.15) is 35.4 Å². The van der Waals surface area contributed by atoms with E-state index in [1.165, 1.54) is 35.2 Å². The number of benzene rings is 2. The molecule has 0 radical (unpaired) electrons. The molecule has 0 spiro atoms. The van der Waals surface area contributed by atoms with Crippen LogP contribution in [0, 0.1) is 13.8 Å². The van der Waals surface area contributed by atoms with Crippen molar-refractivity contribution < 1.29 is 0 Å². The van der Waals surface area contributed by atoms with Crippen LogP contribution in [0.5, 0.6) is 0 Å². The van der Waals surface area contributed by atoms with Gasteiger partial charge in [-0.2, -0.15) is 0 Å². The molecule has 0 saturated heterocycles. The molecule has 1 aliphatic carbocycles. The first-order valence-electron chi connectivity index (χ1n) is 7.21. The molecule has 1 saturated carbocycles. The van der Waals surface area contributed by atoms with Crippen molar-refractivity contribution in [3.8, 4) is 0 Å². The molecule has 1 N–H and O–H groups in total. The van der Waals surface area contributed by atoms with Gasteiger partial charge in [0.25, 0.3) is 0 Å². The lowest BCUT2D eigenvalue weighted by Crippen LogP contribution is -2.34. The van der Waals surface area contributed by atoms with E-state index in [4.69, 9.17) is 11.6 Å². The summed E-state index contributed by atoms with van der Waals surface area (Å²) in [6, 6.07) is 15.3. The van der Waals surface area contributed by atoms with Crippen LogP contribution in [0.15, 0.2) is 42.5 Å². The minimum absolute atomic E-state index is 0.583. The van der Waals surface area contributed by atoms with Gasteiger partial charge in [0.1, 0.15) is 0 Å². The van der Waals surface area contributed by atoms with Gasteiger partial charge in [-0.1, -0.05) is 35.9 Å². The minimum atomic E-state index is 0.583. The number of hydrogen-bond donors (Lipinski definition) is 1. The molecule has 2 aromatic rings. The molecular weight excluding hydrogens is 266 g/mol. The molecule has 1 fully saturated rings. The van der Waals surface area contributed by atoms with Crippen LogP contribution in [0.2, 0.25) is 5.02 Å². The second kappa shape index (κ2) is 5.49. The predicted octanol–water partition coefficient (Wildman–Crippen LogP) is 5.31. The van der Waals surface area contributed by atoms with Gasteiger partial charge in [-0.15, -0.1) is 0 Å². The summed E-state index contributed by atoms with van der Waals surface area (Å²) in [4.78, 5) is 0. The van der Waals surface area contributed by atoms with Gasteiger partial charge < -0.3 is 5.32 Å². The third-order valence-electron chi connectivity index (χ3n) is 4.42. The van der Waals surface area contributed by atoms with Crippen LogP contribution in [-0.2, 0) is 0 Å². The Balaban J connectivity index is 1.62. The smallest absolute Gasteiger partial charge is 0.0408 e. The fourth-order valence-corrected chi connectivity index (χ4v) is 3.09. The quantitative estimate of drug-likeness (QED) is 0.805. The van der Waals surface area contributed by atoms with Crippen molar-refractivity contribution in [2.24, 2.45) is 0 Å². The maximum Gasteiger partial charge on any atom is 0.0408 e. The van der Waals surface area contributed by atoms with E-state index in [1.807, 2.05) is 12.1 Å². The molecule has 0 amide bonds. The molecule has 0 heterocycles. The van der Waals surface area contributed by atoms with Crippen molar-refractivity contribution in [2.75, 3.05) is 5.32 Å². The second-order valence-corrected chi connectivity index (χ2v) is 6.25. The predicted molar refractivity (Wildman–Crippen MR) is 86.8 cm³/mol.